The van der Waals surface area contributed by atoms with Crippen LogP contribution in [-0.2, 0) is 16.0 Å². The Hall–Kier alpha value is -3.91. The van der Waals surface area contributed by atoms with E-state index in [-0.39, 0.29) is 36.1 Å². The number of hydrogen-bond donors (Lipinski definition) is 4. The van der Waals surface area contributed by atoms with Crippen LogP contribution in [0.5, 0.6) is 11.5 Å². The Morgan fingerprint density at radius 2 is 1.71 bits per heavy atom. The smallest absolute Gasteiger partial charge is 0.209 e. The molecule has 0 unspecified atom stereocenters. The molecule has 8 heteroatoms. The molecule has 3 aliphatic rings. The van der Waals surface area contributed by atoms with E-state index in [1.165, 1.54) is 6.07 Å². The molecular weight excluding hydrogens is 452 g/mol. The van der Waals surface area contributed by atoms with Crippen LogP contribution in [0.2, 0.25) is 0 Å². The van der Waals surface area contributed by atoms with Gasteiger partial charge in [0.1, 0.15) is 28.6 Å². The highest BCUT2D eigenvalue weighted by Gasteiger charge is 2.59. The van der Waals surface area contributed by atoms with Crippen molar-refractivity contribution in [1.29, 1.82) is 0 Å². The fourth-order valence-corrected chi connectivity index (χ4v) is 5.77. The number of carbonyl (C=O) groups excluding carboxylic acids is 3. The maximum Gasteiger partial charge on any atom is 0.209 e. The van der Waals surface area contributed by atoms with Crippen LogP contribution in [0.15, 0.2) is 59.1 Å². The van der Waals surface area contributed by atoms with Gasteiger partial charge in [-0.25, -0.2) is 0 Å². The number of ether oxygens (including phenoxy) is 1. The first-order chi connectivity index (χ1) is 16.6. The van der Waals surface area contributed by atoms with Gasteiger partial charge < -0.3 is 25.2 Å². The Kier molecular flexibility index (Phi) is 5.10. The molecule has 2 aromatic carbocycles. The summed E-state index contributed by atoms with van der Waals surface area (Å²) < 4.78 is 5.21. The standard InChI is InChI=1S/C27H24O8/c1-12(28)21-20(30)11-15-9-14-10-18-17(13-3-5-16(35-2)6-4-13)7-8-19(29)23(18)24(31)22(14)26(33)27(15,34)25(21)32/h3-8,14-15,29-30,33-34H,9-11H2,1-2H3/t14-,15+,27-/m1/s1. The Balaban J connectivity index is 1.66. The molecule has 3 aliphatic carbocycles. The number of carbonyl (C=O) groups is 3. The van der Waals surface area contributed by atoms with Crippen molar-refractivity contribution in [2.75, 3.05) is 7.11 Å². The van der Waals surface area contributed by atoms with Crippen molar-refractivity contribution in [1.82, 2.24) is 0 Å². The van der Waals surface area contributed by atoms with Gasteiger partial charge in [0.2, 0.25) is 5.78 Å². The lowest BCUT2D eigenvalue weighted by molar-refractivity contribution is -0.144. The third-order valence-electron chi connectivity index (χ3n) is 7.45. The summed E-state index contributed by atoms with van der Waals surface area (Å²) >= 11 is 0. The molecule has 0 spiro atoms. The van der Waals surface area contributed by atoms with Gasteiger partial charge in [-0.3, -0.25) is 14.4 Å². The SMILES string of the molecule is COc1ccc(-c2ccc(O)c3c2C[C@H]2C[C@H]4CC(O)=C(C(C)=O)C(=O)[C@@]4(O)C(O)=C2C3=O)cc1. The van der Waals surface area contributed by atoms with E-state index in [0.717, 1.165) is 18.1 Å². The predicted octanol–water partition coefficient (Wildman–Crippen LogP) is 3.36. The van der Waals surface area contributed by atoms with E-state index in [2.05, 4.69) is 0 Å². The minimum atomic E-state index is -2.49. The lowest BCUT2D eigenvalue weighted by Gasteiger charge is -2.45. The summed E-state index contributed by atoms with van der Waals surface area (Å²) in [5.41, 5.74) is -1.06. The molecular formula is C27H24O8. The van der Waals surface area contributed by atoms with Crippen molar-refractivity contribution in [3.63, 3.8) is 0 Å². The maximum absolute atomic E-state index is 13.6. The lowest BCUT2D eigenvalue weighted by atomic mass is 9.60. The number of hydrogen-bond acceptors (Lipinski definition) is 8. The number of Topliss-reactive ketones (excluding diaryl/α,β-unsaturated/α-hetero) is 3. The molecule has 0 aliphatic heterocycles. The number of aliphatic hydroxyl groups excluding tert-OH is 2. The van der Waals surface area contributed by atoms with E-state index >= 15 is 0 Å². The first kappa shape index (κ1) is 22.9. The molecule has 0 bridgehead atoms. The summed E-state index contributed by atoms with van der Waals surface area (Å²) in [5, 5.41) is 43.4. The molecule has 180 valence electrons. The molecule has 0 saturated heterocycles. The largest absolute Gasteiger partial charge is 0.511 e. The predicted molar refractivity (Wildman–Crippen MR) is 124 cm³/mol. The van der Waals surface area contributed by atoms with E-state index in [0.29, 0.717) is 11.3 Å². The molecule has 5 rings (SSSR count). The third kappa shape index (κ3) is 3.13. The van der Waals surface area contributed by atoms with Gasteiger partial charge in [0.15, 0.2) is 17.2 Å². The van der Waals surface area contributed by atoms with Gasteiger partial charge in [-0.1, -0.05) is 18.2 Å². The molecule has 0 radical (unpaired) electrons. The van der Waals surface area contributed by atoms with Crippen molar-refractivity contribution in [3.05, 3.63) is 70.2 Å². The van der Waals surface area contributed by atoms with Crippen molar-refractivity contribution in [2.45, 2.75) is 31.8 Å². The fourth-order valence-electron chi connectivity index (χ4n) is 5.77. The van der Waals surface area contributed by atoms with Crippen LogP contribution in [0.25, 0.3) is 11.1 Å². The average Bonchev–Trinajstić information content (AvgIpc) is 2.81. The van der Waals surface area contributed by atoms with E-state index in [9.17, 15) is 34.8 Å². The highest BCUT2D eigenvalue weighted by molar-refractivity contribution is 6.25. The number of ketones is 3. The number of allylic oxidation sites excluding steroid dienone is 2. The molecule has 0 aromatic heterocycles. The normalized spacial score (nSPS) is 25.7. The molecule has 3 atom stereocenters. The fraction of sp³-hybridized carbons (Fsp3) is 0.296. The van der Waals surface area contributed by atoms with Gasteiger partial charge in [-0.2, -0.15) is 0 Å². The summed E-state index contributed by atoms with van der Waals surface area (Å²) in [5.74, 6) is -4.83. The van der Waals surface area contributed by atoms with Gasteiger partial charge in [0.05, 0.1) is 12.7 Å². The third-order valence-corrected chi connectivity index (χ3v) is 7.45. The van der Waals surface area contributed by atoms with Gasteiger partial charge in [-0.05, 0) is 60.6 Å². The van der Waals surface area contributed by atoms with Crippen LogP contribution in [0, 0.1) is 11.8 Å². The molecule has 2 aromatic rings. The maximum atomic E-state index is 13.6. The Bertz CT molecular complexity index is 1360. The van der Waals surface area contributed by atoms with Gasteiger partial charge in [-0.15, -0.1) is 0 Å². The monoisotopic (exact) mass is 476 g/mol. The summed E-state index contributed by atoms with van der Waals surface area (Å²) in [6, 6.07) is 10.4. The van der Waals surface area contributed by atoms with Crippen LogP contribution in [0.1, 0.15) is 35.7 Å². The first-order valence-corrected chi connectivity index (χ1v) is 11.3. The van der Waals surface area contributed by atoms with E-state index in [1.54, 1.807) is 25.3 Å². The second-order valence-corrected chi connectivity index (χ2v) is 9.32. The molecule has 0 heterocycles. The summed E-state index contributed by atoms with van der Waals surface area (Å²) in [6.45, 7) is 1.09. The van der Waals surface area contributed by atoms with E-state index < -0.39 is 51.9 Å². The molecule has 0 fully saturated rings. The van der Waals surface area contributed by atoms with E-state index in [4.69, 9.17) is 4.74 Å². The minimum absolute atomic E-state index is 0.00612. The molecule has 35 heavy (non-hydrogen) atoms. The first-order valence-electron chi connectivity index (χ1n) is 11.3. The second-order valence-electron chi connectivity index (χ2n) is 9.32. The Morgan fingerprint density at radius 1 is 1.03 bits per heavy atom. The zero-order chi connectivity index (χ0) is 25.2. The zero-order valence-corrected chi connectivity index (χ0v) is 19.2. The van der Waals surface area contributed by atoms with Crippen LogP contribution in [0.3, 0.4) is 0 Å². The molecule has 4 N–H and O–H groups in total. The highest BCUT2D eigenvalue weighted by atomic mass is 16.5. The Labute approximate surface area is 200 Å². The molecule has 0 saturated carbocycles. The zero-order valence-electron chi connectivity index (χ0n) is 19.2. The number of aromatic hydroxyl groups is 1. The van der Waals surface area contributed by atoms with Crippen molar-refractivity contribution in [3.8, 4) is 22.6 Å². The number of phenols is 1. The van der Waals surface area contributed by atoms with Crippen molar-refractivity contribution >= 4 is 17.3 Å². The van der Waals surface area contributed by atoms with E-state index in [1.807, 2.05) is 12.1 Å². The lowest BCUT2D eigenvalue weighted by Crippen LogP contribution is -2.56. The summed E-state index contributed by atoms with van der Waals surface area (Å²) in [7, 11) is 1.56. The molecule has 8 nitrogen and oxygen atoms in total. The van der Waals surface area contributed by atoms with Crippen molar-refractivity contribution in [2.24, 2.45) is 11.8 Å². The molecule has 0 amide bonds. The summed E-state index contributed by atoms with van der Waals surface area (Å²) in [6.07, 6.45) is 0.207. The number of rotatable bonds is 3. The number of fused-ring (bicyclic) bond motifs is 3. The second kappa shape index (κ2) is 7.81. The number of aliphatic hydroxyl groups is 3. The van der Waals surface area contributed by atoms with Crippen LogP contribution in [-0.4, -0.2) is 50.5 Å². The Morgan fingerprint density at radius 3 is 2.34 bits per heavy atom. The number of phenolic OH excluding ortho intramolecular Hbond substituents is 1. The number of methoxy groups -OCH3 is 1. The van der Waals surface area contributed by atoms with Crippen LogP contribution in [0.4, 0.5) is 0 Å². The minimum Gasteiger partial charge on any atom is -0.511 e. The van der Waals surface area contributed by atoms with Gasteiger partial charge in [0, 0.05) is 17.9 Å². The van der Waals surface area contributed by atoms with Crippen molar-refractivity contribution < 1.29 is 39.5 Å². The van der Waals surface area contributed by atoms with Crippen LogP contribution >= 0.6 is 0 Å². The van der Waals surface area contributed by atoms with Crippen LogP contribution < -0.4 is 4.74 Å². The summed E-state index contributed by atoms with van der Waals surface area (Å²) in [4.78, 5) is 38.7. The topological polar surface area (TPSA) is 141 Å². The average molecular weight is 476 g/mol. The highest BCUT2D eigenvalue weighted by Crippen LogP contribution is 2.52. The number of benzene rings is 2. The quantitative estimate of drug-likeness (QED) is 0.494. The van der Waals surface area contributed by atoms with Gasteiger partial charge >= 0.3 is 0 Å². The van der Waals surface area contributed by atoms with Gasteiger partial charge in [0.25, 0.3) is 0 Å².